The number of hydrogen-bond donors (Lipinski definition) is 3. The molecule has 1 aromatic carbocycles. The van der Waals surface area contributed by atoms with E-state index in [1.807, 2.05) is 34.6 Å². The minimum absolute atomic E-state index is 0.123. The molecule has 5 nitrogen and oxygen atoms in total. The molecule has 0 spiro atoms. The van der Waals surface area contributed by atoms with Crippen molar-refractivity contribution in [2.75, 3.05) is 5.32 Å². The van der Waals surface area contributed by atoms with Crippen LogP contribution in [0.3, 0.4) is 0 Å². The van der Waals surface area contributed by atoms with Gasteiger partial charge in [0.1, 0.15) is 5.54 Å². The molecule has 0 aliphatic carbocycles. The quantitative estimate of drug-likeness (QED) is 0.699. The van der Waals surface area contributed by atoms with Crippen molar-refractivity contribution >= 4 is 33.6 Å². The molecule has 2 amide bonds. The molecule has 0 heterocycles. The Kier molecular flexibility index (Phi) is 6.22. The van der Waals surface area contributed by atoms with Gasteiger partial charge in [0.05, 0.1) is 0 Å². The van der Waals surface area contributed by atoms with E-state index in [0.717, 1.165) is 4.47 Å². The van der Waals surface area contributed by atoms with Crippen LogP contribution < -0.4 is 10.6 Å². The molecule has 0 saturated heterocycles. The standard InChI is InChI=1S/C17H25BrN2O3/c1-11(2)10-17(14(21)22,16(3,4)5)20-15(23)19-13-8-6-12(18)7-9-13/h6-9,11H,10H2,1-5H3,(H,21,22)(H2,19,20,23)/t17-/m0/s1. The maximum Gasteiger partial charge on any atom is 0.330 e. The van der Waals surface area contributed by atoms with Crippen molar-refractivity contribution in [2.45, 2.75) is 46.6 Å². The van der Waals surface area contributed by atoms with Crippen molar-refractivity contribution in [3.05, 3.63) is 28.7 Å². The molecule has 0 radical (unpaired) electrons. The zero-order valence-electron chi connectivity index (χ0n) is 14.2. The Morgan fingerprint density at radius 3 is 2.09 bits per heavy atom. The second kappa shape index (κ2) is 7.34. The van der Waals surface area contributed by atoms with E-state index in [1.165, 1.54) is 0 Å². The van der Waals surface area contributed by atoms with Gasteiger partial charge < -0.3 is 15.7 Å². The molecular formula is C17H25BrN2O3. The predicted molar refractivity (Wildman–Crippen MR) is 95.6 cm³/mol. The molecule has 23 heavy (non-hydrogen) atoms. The number of rotatable bonds is 5. The number of benzene rings is 1. The number of nitrogens with one attached hydrogen (secondary N) is 2. The van der Waals surface area contributed by atoms with E-state index in [-0.39, 0.29) is 5.92 Å². The maximum atomic E-state index is 12.3. The molecule has 3 N–H and O–H groups in total. The van der Waals surface area contributed by atoms with Gasteiger partial charge in [0, 0.05) is 10.2 Å². The van der Waals surface area contributed by atoms with E-state index < -0.39 is 23.0 Å². The number of carboxylic acid groups (broad SMARTS) is 1. The lowest BCUT2D eigenvalue weighted by molar-refractivity contribution is -0.150. The Morgan fingerprint density at radius 2 is 1.70 bits per heavy atom. The fourth-order valence-electron chi connectivity index (χ4n) is 2.51. The van der Waals surface area contributed by atoms with Crippen LogP contribution in [0.4, 0.5) is 10.5 Å². The fourth-order valence-corrected chi connectivity index (χ4v) is 2.77. The van der Waals surface area contributed by atoms with Crippen molar-refractivity contribution in [1.29, 1.82) is 0 Å². The molecule has 0 aliphatic heterocycles. The molecule has 0 fully saturated rings. The highest BCUT2D eigenvalue weighted by Gasteiger charge is 2.50. The van der Waals surface area contributed by atoms with Crippen LogP contribution in [0, 0.1) is 11.3 Å². The molecule has 0 aliphatic rings. The van der Waals surface area contributed by atoms with Gasteiger partial charge in [-0.3, -0.25) is 0 Å². The number of urea groups is 1. The van der Waals surface area contributed by atoms with Crippen LogP contribution >= 0.6 is 15.9 Å². The Balaban J connectivity index is 3.02. The van der Waals surface area contributed by atoms with Crippen LogP contribution in [0.2, 0.25) is 0 Å². The first-order valence-corrected chi connectivity index (χ1v) is 8.35. The average Bonchev–Trinajstić information content (AvgIpc) is 2.38. The first-order valence-electron chi connectivity index (χ1n) is 7.56. The number of carboxylic acids is 1. The fraction of sp³-hybridized carbons (Fsp3) is 0.529. The SMILES string of the molecule is CC(C)C[C@](NC(=O)Nc1ccc(Br)cc1)(C(=O)O)C(C)(C)C. The molecule has 1 aromatic rings. The number of halogens is 1. The summed E-state index contributed by atoms with van der Waals surface area (Å²) in [6.45, 7) is 9.35. The molecule has 0 unspecified atom stereocenters. The van der Waals surface area contributed by atoms with E-state index in [9.17, 15) is 14.7 Å². The van der Waals surface area contributed by atoms with Gasteiger partial charge in [-0.05, 0) is 42.0 Å². The summed E-state index contributed by atoms with van der Waals surface area (Å²) in [6.07, 6.45) is 0.347. The Morgan fingerprint density at radius 1 is 1.17 bits per heavy atom. The second-order valence-corrected chi connectivity index (χ2v) is 8.06. The van der Waals surface area contributed by atoms with Gasteiger partial charge in [0.2, 0.25) is 0 Å². The third-order valence-electron chi connectivity index (χ3n) is 3.79. The zero-order chi connectivity index (χ0) is 17.8. The smallest absolute Gasteiger partial charge is 0.330 e. The van der Waals surface area contributed by atoms with Gasteiger partial charge in [-0.2, -0.15) is 0 Å². The first-order chi connectivity index (χ1) is 10.5. The number of aliphatic carboxylic acids is 1. The Bertz CT molecular complexity index is 564. The number of amides is 2. The van der Waals surface area contributed by atoms with Crippen LogP contribution in [-0.4, -0.2) is 22.6 Å². The summed E-state index contributed by atoms with van der Waals surface area (Å²) in [5.74, 6) is -0.900. The van der Waals surface area contributed by atoms with E-state index in [0.29, 0.717) is 12.1 Å². The molecule has 6 heteroatoms. The molecule has 0 aromatic heterocycles. The van der Waals surface area contributed by atoms with Crippen LogP contribution in [0.15, 0.2) is 28.7 Å². The lowest BCUT2D eigenvalue weighted by Crippen LogP contribution is -2.63. The van der Waals surface area contributed by atoms with Crippen LogP contribution in [0.5, 0.6) is 0 Å². The molecule has 0 saturated carbocycles. The third kappa shape index (κ3) is 4.96. The molecular weight excluding hydrogens is 360 g/mol. The van der Waals surface area contributed by atoms with Gasteiger partial charge in [-0.25, -0.2) is 9.59 Å². The van der Waals surface area contributed by atoms with Crippen LogP contribution in [0.1, 0.15) is 41.0 Å². The Labute approximate surface area is 146 Å². The van der Waals surface area contributed by atoms with Gasteiger partial charge in [0.15, 0.2) is 0 Å². The van der Waals surface area contributed by atoms with E-state index in [4.69, 9.17) is 0 Å². The highest BCUT2D eigenvalue weighted by molar-refractivity contribution is 9.10. The van der Waals surface area contributed by atoms with Gasteiger partial charge in [-0.15, -0.1) is 0 Å². The maximum absolute atomic E-state index is 12.3. The molecule has 128 valence electrons. The highest BCUT2D eigenvalue weighted by Crippen LogP contribution is 2.36. The minimum Gasteiger partial charge on any atom is -0.479 e. The van der Waals surface area contributed by atoms with Crippen molar-refractivity contribution in [3.8, 4) is 0 Å². The average molecular weight is 385 g/mol. The lowest BCUT2D eigenvalue weighted by Gasteiger charge is -2.42. The van der Waals surface area contributed by atoms with Crippen molar-refractivity contribution in [2.24, 2.45) is 11.3 Å². The van der Waals surface area contributed by atoms with Gasteiger partial charge >= 0.3 is 12.0 Å². The summed E-state index contributed by atoms with van der Waals surface area (Å²) in [7, 11) is 0. The van der Waals surface area contributed by atoms with Crippen molar-refractivity contribution in [1.82, 2.24) is 5.32 Å². The number of anilines is 1. The van der Waals surface area contributed by atoms with E-state index in [1.54, 1.807) is 24.3 Å². The third-order valence-corrected chi connectivity index (χ3v) is 4.32. The Hall–Kier alpha value is -1.56. The topological polar surface area (TPSA) is 78.4 Å². The van der Waals surface area contributed by atoms with Crippen LogP contribution in [-0.2, 0) is 4.79 Å². The predicted octanol–water partition coefficient (Wildman–Crippen LogP) is 4.49. The second-order valence-electron chi connectivity index (χ2n) is 7.14. The summed E-state index contributed by atoms with van der Waals surface area (Å²) >= 11 is 3.33. The highest BCUT2D eigenvalue weighted by atomic mass is 79.9. The molecule has 1 rings (SSSR count). The summed E-state index contributed by atoms with van der Waals surface area (Å²) < 4.78 is 0.901. The van der Waals surface area contributed by atoms with Crippen molar-refractivity contribution < 1.29 is 14.7 Å². The lowest BCUT2D eigenvalue weighted by atomic mass is 9.69. The van der Waals surface area contributed by atoms with E-state index >= 15 is 0 Å². The van der Waals surface area contributed by atoms with Crippen molar-refractivity contribution in [3.63, 3.8) is 0 Å². The largest absolute Gasteiger partial charge is 0.479 e. The normalized spacial score (nSPS) is 14.2. The summed E-state index contributed by atoms with van der Waals surface area (Å²) in [4.78, 5) is 24.3. The summed E-state index contributed by atoms with van der Waals surface area (Å²) in [5.41, 5.74) is -1.38. The molecule has 0 bridgehead atoms. The number of carbonyl (C=O) groups excluding carboxylic acids is 1. The monoisotopic (exact) mass is 384 g/mol. The first kappa shape index (κ1) is 19.5. The minimum atomic E-state index is -1.35. The molecule has 1 atom stereocenters. The number of hydrogen-bond acceptors (Lipinski definition) is 2. The van der Waals surface area contributed by atoms with E-state index in [2.05, 4.69) is 26.6 Å². The summed E-state index contributed by atoms with van der Waals surface area (Å²) in [5, 5.41) is 15.2. The summed E-state index contributed by atoms with van der Waals surface area (Å²) in [6, 6.07) is 6.57. The zero-order valence-corrected chi connectivity index (χ0v) is 15.8. The van der Waals surface area contributed by atoms with Gasteiger partial charge in [-0.1, -0.05) is 50.5 Å². The van der Waals surface area contributed by atoms with Gasteiger partial charge in [0.25, 0.3) is 0 Å². The van der Waals surface area contributed by atoms with Crippen LogP contribution in [0.25, 0.3) is 0 Å². The number of carbonyl (C=O) groups is 2.